The first-order chi connectivity index (χ1) is 12.0. The van der Waals surface area contributed by atoms with Crippen LogP contribution in [0.5, 0.6) is 0 Å². The average molecular weight is 339 g/mol. The number of rotatable bonds is 4. The Labute approximate surface area is 146 Å². The SMILES string of the molecule is CC(=O)N1C=Cc2ccccc2C1CC(=O)N(C)Cc1cc(C)on1. The Hall–Kier alpha value is -2.89. The monoisotopic (exact) mass is 339 g/mol. The summed E-state index contributed by atoms with van der Waals surface area (Å²) >= 11 is 0. The van der Waals surface area contributed by atoms with Gasteiger partial charge in [0.25, 0.3) is 0 Å². The molecule has 0 fully saturated rings. The molecule has 25 heavy (non-hydrogen) atoms. The third-order valence-corrected chi connectivity index (χ3v) is 4.34. The van der Waals surface area contributed by atoms with Crippen molar-refractivity contribution in [3.05, 3.63) is 59.1 Å². The maximum absolute atomic E-state index is 12.7. The van der Waals surface area contributed by atoms with Gasteiger partial charge in [0, 0.05) is 26.2 Å². The van der Waals surface area contributed by atoms with Gasteiger partial charge in [-0.2, -0.15) is 0 Å². The summed E-state index contributed by atoms with van der Waals surface area (Å²) in [7, 11) is 1.73. The van der Waals surface area contributed by atoms with Gasteiger partial charge in [0.2, 0.25) is 11.8 Å². The summed E-state index contributed by atoms with van der Waals surface area (Å²) in [6.07, 6.45) is 3.87. The van der Waals surface area contributed by atoms with Crippen LogP contribution in [0.4, 0.5) is 0 Å². The first-order valence-electron chi connectivity index (χ1n) is 8.18. The molecule has 0 radical (unpaired) electrons. The molecule has 3 rings (SSSR count). The third kappa shape index (κ3) is 3.63. The fourth-order valence-electron chi connectivity index (χ4n) is 3.06. The van der Waals surface area contributed by atoms with Crippen molar-refractivity contribution < 1.29 is 14.1 Å². The zero-order valence-corrected chi connectivity index (χ0v) is 14.6. The smallest absolute Gasteiger partial charge is 0.225 e. The second-order valence-corrected chi connectivity index (χ2v) is 6.27. The van der Waals surface area contributed by atoms with Crippen LogP contribution in [0.15, 0.2) is 41.1 Å². The van der Waals surface area contributed by atoms with E-state index in [1.165, 1.54) is 6.92 Å². The Morgan fingerprint density at radius 1 is 1.32 bits per heavy atom. The first kappa shape index (κ1) is 17.0. The Balaban J connectivity index is 1.77. The van der Waals surface area contributed by atoms with Gasteiger partial charge in [-0.3, -0.25) is 9.59 Å². The molecule has 2 amide bonds. The minimum Gasteiger partial charge on any atom is -0.361 e. The third-order valence-electron chi connectivity index (χ3n) is 4.34. The van der Waals surface area contributed by atoms with Gasteiger partial charge in [-0.25, -0.2) is 0 Å². The molecule has 6 heteroatoms. The van der Waals surface area contributed by atoms with E-state index in [0.717, 1.165) is 11.1 Å². The molecule has 2 heterocycles. The lowest BCUT2D eigenvalue weighted by atomic mass is 9.93. The number of hydrogen-bond donors (Lipinski definition) is 0. The van der Waals surface area contributed by atoms with Crippen LogP contribution in [0.3, 0.4) is 0 Å². The molecule has 0 aliphatic carbocycles. The quantitative estimate of drug-likeness (QED) is 0.859. The molecule has 1 aliphatic heterocycles. The van der Waals surface area contributed by atoms with Crippen LogP contribution in [-0.2, 0) is 16.1 Å². The number of aromatic nitrogens is 1. The highest BCUT2D eigenvalue weighted by atomic mass is 16.5. The molecule has 1 atom stereocenters. The summed E-state index contributed by atoms with van der Waals surface area (Å²) in [5.41, 5.74) is 2.73. The van der Waals surface area contributed by atoms with Crippen molar-refractivity contribution in [2.75, 3.05) is 7.05 Å². The molecule has 0 saturated heterocycles. The molecule has 130 valence electrons. The summed E-state index contributed by atoms with van der Waals surface area (Å²) < 4.78 is 5.04. The van der Waals surface area contributed by atoms with E-state index >= 15 is 0 Å². The summed E-state index contributed by atoms with van der Waals surface area (Å²) in [4.78, 5) is 27.9. The van der Waals surface area contributed by atoms with Gasteiger partial charge in [-0.1, -0.05) is 29.4 Å². The number of hydrogen-bond acceptors (Lipinski definition) is 4. The standard InChI is InChI=1S/C19H21N3O3/c1-13-10-16(20-25-13)12-21(3)19(24)11-18-17-7-5-4-6-15(17)8-9-22(18)14(2)23/h4-10,18H,11-12H2,1-3H3. The van der Waals surface area contributed by atoms with Gasteiger partial charge in [-0.05, 0) is 24.1 Å². The van der Waals surface area contributed by atoms with Crippen molar-refractivity contribution in [2.45, 2.75) is 32.9 Å². The molecule has 1 aliphatic rings. The van der Waals surface area contributed by atoms with Crippen LogP contribution in [0.25, 0.3) is 6.08 Å². The molecular formula is C19H21N3O3. The Bertz CT molecular complexity index is 825. The van der Waals surface area contributed by atoms with Crippen LogP contribution in [0, 0.1) is 6.92 Å². The van der Waals surface area contributed by atoms with E-state index in [2.05, 4.69) is 5.16 Å². The molecule has 0 bridgehead atoms. The van der Waals surface area contributed by atoms with Crippen LogP contribution >= 0.6 is 0 Å². The van der Waals surface area contributed by atoms with Crippen molar-refractivity contribution >= 4 is 17.9 Å². The van der Waals surface area contributed by atoms with E-state index in [-0.39, 0.29) is 24.3 Å². The number of nitrogens with zero attached hydrogens (tertiary/aromatic N) is 3. The lowest BCUT2D eigenvalue weighted by Gasteiger charge is -2.33. The highest BCUT2D eigenvalue weighted by molar-refractivity contribution is 5.81. The topological polar surface area (TPSA) is 66.7 Å². The first-order valence-corrected chi connectivity index (χ1v) is 8.18. The normalized spacial score (nSPS) is 15.8. The van der Waals surface area contributed by atoms with E-state index in [1.807, 2.05) is 43.3 Å². The Kier molecular flexibility index (Phi) is 4.70. The molecule has 0 saturated carbocycles. The van der Waals surface area contributed by atoms with E-state index < -0.39 is 0 Å². The highest BCUT2D eigenvalue weighted by Crippen LogP contribution is 2.33. The molecule has 0 N–H and O–H groups in total. The van der Waals surface area contributed by atoms with Crippen molar-refractivity contribution in [1.29, 1.82) is 0 Å². The molecule has 0 spiro atoms. The summed E-state index contributed by atoms with van der Waals surface area (Å²) in [5.74, 6) is 0.574. The average Bonchev–Trinajstić information content (AvgIpc) is 2.99. The number of fused-ring (bicyclic) bond motifs is 1. The highest BCUT2D eigenvalue weighted by Gasteiger charge is 2.29. The fraction of sp³-hybridized carbons (Fsp3) is 0.316. The zero-order chi connectivity index (χ0) is 18.0. The van der Waals surface area contributed by atoms with Crippen molar-refractivity contribution in [1.82, 2.24) is 15.0 Å². The van der Waals surface area contributed by atoms with Crippen molar-refractivity contribution in [3.8, 4) is 0 Å². The maximum atomic E-state index is 12.7. The largest absolute Gasteiger partial charge is 0.361 e. The number of carbonyl (C=O) groups excluding carboxylic acids is 2. The number of aryl methyl sites for hydroxylation is 1. The van der Waals surface area contributed by atoms with E-state index in [4.69, 9.17) is 4.52 Å². The predicted molar refractivity (Wildman–Crippen MR) is 93.1 cm³/mol. The Morgan fingerprint density at radius 3 is 2.76 bits per heavy atom. The van der Waals surface area contributed by atoms with Gasteiger partial charge >= 0.3 is 0 Å². The summed E-state index contributed by atoms with van der Waals surface area (Å²) in [5, 5.41) is 3.92. The van der Waals surface area contributed by atoms with E-state index in [9.17, 15) is 9.59 Å². The molecule has 1 aromatic carbocycles. The minimum absolute atomic E-state index is 0.0537. The lowest BCUT2D eigenvalue weighted by molar-refractivity contribution is -0.134. The molecule has 2 aromatic rings. The van der Waals surface area contributed by atoms with E-state index in [1.54, 1.807) is 23.0 Å². The lowest BCUT2D eigenvalue weighted by Crippen LogP contribution is -2.35. The minimum atomic E-state index is -0.298. The van der Waals surface area contributed by atoms with Crippen LogP contribution in [0.2, 0.25) is 0 Å². The number of amides is 2. The zero-order valence-electron chi connectivity index (χ0n) is 14.6. The maximum Gasteiger partial charge on any atom is 0.225 e. The molecule has 1 unspecified atom stereocenters. The second kappa shape index (κ2) is 6.93. The van der Waals surface area contributed by atoms with Gasteiger partial charge in [0.05, 0.1) is 19.0 Å². The van der Waals surface area contributed by atoms with Gasteiger partial charge in [-0.15, -0.1) is 0 Å². The number of carbonyl (C=O) groups is 2. The van der Waals surface area contributed by atoms with Gasteiger partial charge in [0.1, 0.15) is 11.5 Å². The van der Waals surface area contributed by atoms with Gasteiger partial charge in [0.15, 0.2) is 0 Å². The van der Waals surface area contributed by atoms with Crippen molar-refractivity contribution in [3.63, 3.8) is 0 Å². The van der Waals surface area contributed by atoms with Crippen LogP contribution in [0.1, 0.15) is 42.0 Å². The second-order valence-electron chi connectivity index (χ2n) is 6.27. The molecular weight excluding hydrogens is 318 g/mol. The van der Waals surface area contributed by atoms with Crippen LogP contribution in [-0.4, -0.2) is 33.8 Å². The predicted octanol–water partition coefficient (Wildman–Crippen LogP) is 2.91. The fourth-order valence-corrected chi connectivity index (χ4v) is 3.06. The van der Waals surface area contributed by atoms with Crippen LogP contribution < -0.4 is 0 Å². The summed E-state index contributed by atoms with van der Waals surface area (Å²) in [6.45, 7) is 3.70. The van der Waals surface area contributed by atoms with E-state index in [0.29, 0.717) is 18.0 Å². The van der Waals surface area contributed by atoms with Gasteiger partial charge < -0.3 is 14.3 Å². The molecule has 6 nitrogen and oxygen atoms in total. The molecule has 1 aromatic heterocycles. The number of benzene rings is 1. The van der Waals surface area contributed by atoms with Crippen molar-refractivity contribution in [2.24, 2.45) is 0 Å². The summed E-state index contributed by atoms with van der Waals surface area (Å²) in [6, 6.07) is 9.34. The Morgan fingerprint density at radius 2 is 2.08 bits per heavy atom.